The van der Waals surface area contributed by atoms with Crippen LogP contribution in [-0.2, 0) is 16.0 Å². The van der Waals surface area contributed by atoms with Crippen LogP contribution in [0.1, 0.15) is 24.1 Å². The monoisotopic (exact) mass is 267 g/mol. The summed E-state index contributed by atoms with van der Waals surface area (Å²) in [6.45, 7) is 3.01. The smallest absolute Gasteiger partial charge is 0.0813 e. The summed E-state index contributed by atoms with van der Waals surface area (Å²) < 4.78 is 11.3. The van der Waals surface area contributed by atoms with Crippen molar-refractivity contribution in [3.05, 3.63) is 22.4 Å². The first-order chi connectivity index (χ1) is 8.86. The fraction of sp³-hybridized carbons (Fsp3) is 0.714. The van der Waals surface area contributed by atoms with Crippen LogP contribution in [-0.4, -0.2) is 43.4 Å². The molecule has 2 saturated heterocycles. The third kappa shape index (κ3) is 2.62. The van der Waals surface area contributed by atoms with E-state index in [1.165, 1.54) is 24.3 Å². The molecule has 0 radical (unpaired) electrons. The molecule has 3 rings (SSSR count). The Morgan fingerprint density at radius 1 is 1.44 bits per heavy atom. The van der Waals surface area contributed by atoms with Crippen LogP contribution >= 0.6 is 11.3 Å². The van der Waals surface area contributed by atoms with Gasteiger partial charge in [-0.3, -0.25) is 4.90 Å². The van der Waals surface area contributed by atoms with E-state index in [-0.39, 0.29) is 0 Å². The van der Waals surface area contributed by atoms with Gasteiger partial charge in [0.2, 0.25) is 0 Å². The van der Waals surface area contributed by atoms with Crippen molar-refractivity contribution < 1.29 is 9.47 Å². The summed E-state index contributed by atoms with van der Waals surface area (Å²) in [7, 11) is 1.76. The number of hydrogen-bond donors (Lipinski definition) is 0. The number of likely N-dealkylation sites (tertiary alicyclic amines) is 1. The molecule has 1 aromatic rings. The van der Waals surface area contributed by atoms with E-state index >= 15 is 0 Å². The molecule has 4 heteroatoms. The molecule has 0 aliphatic carbocycles. The fourth-order valence-corrected chi connectivity index (χ4v) is 3.92. The van der Waals surface area contributed by atoms with Gasteiger partial charge in [-0.25, -0.2) is 0 Å². The van der Waals surface area contributed by atoms with E-state index < -0.39 is 0 Å². The molecule has 0 saturated carbocycles. The summed E-state index contributed by atoms with van der Waals surface area (Å²) in [5, 5.41) is 2.16. The molecule has 0 spiro atoms. The Bertz CT molecular complexity index is 368. The number of rotatable bonds is 4. The number of fused-ring (bicyclic) bond motifs is 1. The minimum Gasteiger partial charge on any atom is -0.382 e. The van der Waals surface area contributed by atoms with Crippen LogP contribution in [0.5, 0.6) is 0 Å². The maximum absolute atomic E-state index is 6.14. The third-order valence-electron chi connectivity index (χ3n) is 4.04. The van der Waals surface area contributed by atoms with Crippen LogP contribution in [0, 0.1) is 0 Å². The second-order valence-electron chi connectivity index (χ2n) is 5.24. The van der Waals surface area contributed by atoms with Crippen LogP contribution in [0.15, 0.2) is 17.5 Å². The molecule has 2 aliphatic heterocycles. The molecule has 3 heterocycles. The summed E-state index contributed by atoms with van der Waals surface area (Å²) in [4.78, 5) is 4.06. The van der Waals surface area contributed by atoms with E-state index in [1.54, 1.807) is 7.11 Å². The van der Waals surface area contributed by atoms with Gasteiger partial charge in [0.1, 0.15) is 0 Å². The highest BCUT2D eigenvalue weighted by atomic mass is 32.1. The summed E-state index contributed by atoms with van der Waals surface area (Å²) >= 11 is 1.86. The molecule has 0 unspecified atom stereocenters. The highest BCUT2D eigenvalue weighted by Gasteiger charge is 2.39. The number of nitrogens with zero attached hydrogens (tertiary/aromatic N) is 1. The average Bonchev–Trinajstić information content (AvgIpc) is 3.00. The topological polar surface area (TPSA) is 21.7 Å². The highest BCUT2D eigenvalue weighted by molar-refractivity contribution is 7.09. The largest absolute Gasteiger partial charge is 0.382 e. The van der Waals surface area contributed by atoms with Crippen LogP contribution in [0.2, 0.25) is 0 Å². The molecule has 18 heavy (non-hydrogen) atoms. The molecule has 0 aromatic carbocycles. The van der Waals surface area contributed by atoms with Crippen molar-refractivity contribution >= 4 is 11.3 Å². The first kappa shape index (κ1) is 12.6. The van der Waals surface area contributed by atoms with Crippen molar-refractivity contribution in [3.63, 3.8) is 0 Å². The highest BCUT2D eigenvalue weighted by Crippen LogP contribution is 2.32. The summed E-state index contributed by atoms with van der Waals surface area (Å²) in [5.74, 6) is 0. The first-order valence-corrected chi connectivity index (χ1v) is 7.65. The number of hydrogen-bond acceptors (Lipinski definition) is 4. The van der Waals surface area contributed by atoms with Gasteiger partial charge in [0.25, 0.3) is 0 Å². The van der Waals surface area contributed by atoms with E-state index in [9.17, 15) is 0 Å². The second-order valence-corrected chi connectivity index (χ2v) is 6.27. The summed E-state index contributed by atoms with van der Waals surface area (Å²) in [6.07, 6.45) is 4.31. The molecule has 0 amide bonds. The quantitative estimate of drug-likeness (QED) is 0.836. The summed E-state index contributed by atoms with van der Waals surface area (Å²) in [5.41, 5.74) is 0. The zero-order valence-electron chi connectivity index (χ0n) is 10.9. The van der Waals surface area contributed by atoms with Gasteiger partial charge in [-0.2, -0.15) is 0 Å². The maximum atomic E-state index is 6.14. The van der Waals surface area contributed by atoms with Gasteiger partial charge in [0.05, 0.1) is 18.8 Å². The van der Waals surface area contributed by atoms with E-state index in [1.807, 2.05) is 11.3 Å². The number of ether oxygens (including phenoxy) is 2. The predicted octanol–water partition coefficient (Wildman–Crippen LogP) is 2.52. The molecule has 3 atom stereocenters. The average molecular weight is 267 g/mol. The van der Waals surface area contributed by atoms with Gasteiger partial charge in [-0.05, 0) is 30.7 Å². The molecule has 3 nitrogen and oxygen atoms in total. The van der Waals surface area contributed by atoms with Crippen molar-refractivity contribution in [2.75, 3.05) is 20.3 Å². The normalized spacial score (nSPS) is 32.6. The lowest BCUT2D eigenvalue weighted by Crippen LogP contribution is -2.43. The number of methoxy groups -OCH3 is 1. The van der Waals surface area contributed by atoms with E-state index in [4.69, 9.17) is 9.47 Å². The molecule has 100 valence electrons. The van der Waals surface area contributed by atoms with Gasteiger partial charge >= 0.3 is 0 Å². The zero-order chi connectivity index (χ0) is 12.4. The van der Waals surface area contributed by atoms with Crippen LogP contribution in [0.3, 0.4) is 0 Å². The van der Waals surface area contributed by atoms with E-state index in [0.29, 0.717) is 18.2 Å². The molecular formula is C14H21NO2S. The lowest BCUT2D eigenvalue weighted by molar-refractivity contribution is -0.0938. The minimum absolute atomic E-state index is 0.318. The lowest BCUT2D eigenvalue weighted by Gasteiger charge is -2.35. The third-order valence-corrected chi connectivity index (χ3v) is 4.90. The molecule has 1 aromatic heterocycles. The van der Waals surface area contributed by atoms with Gasteiger partial charge in [0.15, 0.2) is 0 Å². The SMILES string of the molecule is COC[C@H]1CC[C@H]2[C@H](CCN2Cc2cccs2)O1. The Morgan fingerprint density at radius 3 is 3.17 bits per heavy atom. The van der Waals surface area contributed by atoms with Crippen LogP contribution in [0.25, 0.3) is 0 Å². The molecule has 0 N–H and O–H groups in total. The molecular weight excluding hydrogens is 246 g/mol. The number of thiophene rings is 1. The molecule has 0 bridgehead atoms. The van der Waals surface area contributed by atoms with Crippen molar-refractivity contribution in [2.24, 2.45) is 0 Å². The van der Waals surface area contributed by atoms with Crippen molar-refractivity contribution in [1.82, 2.24) is 4.90 Å². The van der Waals surface area contributed by atoms with Crippen molar-refractivity contribution in [3.8, 4) is 0 Å². The maximum Gasteiger partial charge on any atom is 0.0813 e. The van der Waals surface area contributed by atoms with E-state index in [0.717, 1.165) is 19.6 Å². The van der Waals surface area contributed by atoms with Crippen LogP contribution < -0.4 is 0 Å². The Morgan fingerprint density at radius 2 is 2.39 bits per heavy atom. The van der Waals surface area contributed by atoms with Gasteiger partial charge in [0, 0.05) is 31.1 Å². The minimum atomic E-state index is 0.318. The Kier molecular flexibility index (Phi) is 3.99. The predicted molar refractivity (Wildman–Crippen MR) is 72.9 cm³/mol. The zero-order valence-corrected chi connectivity index (χ0v) is 11.7. The van der Waals surface area contributed by atoms with Gasteiger partial charge in [-0.1, -0.05) is 6.07 Å². The lowest BCUT2D eigenvalue weighted by atomic mass is 9.99. The molecule has 2 aliphatic rings. The summed E-state index contributed by atoms with van der Waals surface area (Å²) in [6, 6.07) is 5.00. The second kappa shape index (κ2) is 5.70. The van der Waals surface area contributed by atoms with Crippen molar-refractivity contribution in [1.29, 1.82) is 0 Å². The van der Waals surface area contributed by atoms with Gasteiger partial charge in [-0.15, -0.1) is 11.3 Å². The first-order valence-electron chi connectivity index (χ1n) is 6.77. The van der Waals surface area contributed by atoms with Crippen LogP contribution in [0.4, 0.5) is 0 Å². The van der Waals surface area contributed by atoms with E-state index in [2.05, 4.69) is 22.4 Å². The Balaban J connectivity index is 1.58. The Labute approximate surface area is 113 Å². The fourth-order valence-electron chi connectivity index (χ4n) is 3.19. The molecule has 2 fully saturated rings. The van der Waals surface area contributed by atoms with Gasteiger partial charge < -0.3 is 9.47 Å². The Hall–Kier alpha value is -0.420. The standard InChI is InChI=1S/C14H21NO2S/c1-16-10-11-4-5-13-14(17-11)6-7-15(13)9-12-3-2-8-18-12/h2-3,8,11,13-14H,4-7,9-10H2,1H3/t11-,13+,14+/m1/s1. The van der Waals surface area contributed by atoms with Crippen molar-refractivity contribution in [2.45, 2.75) is 44.1 Å².